The Labute approximate surface area is 189 Å². The first-order valence-electron chi connectivity index (χ1n) is 10.1. The third kappa shape index (κ3) is 6.18. The van der Waals surface area contributed by atoms with Crippen LogP contribution in [0.25, 0.3) is 10.9 Å². The first kappa shape index (κ1) is 23.5. The lowest BCUT2D eigenvalue weighted by Crippen LogP contribution is -2.17. The Bertz CT molecular complexity index is 1080. The number of aromatic nitrogens is 2. The minimum Gasteiger partial charge on any atom is -0.493 e. The lowest BCUT2D eigenvalue weighted by molar-refractivity contribution is -0.129. The van der Waals surface area contributed by atoms with Crippen molar-refractivity contribution in [1.29, 1.82) is 0 Å². The average molecular weight is 463 g/mol. The summed E-state index contributed by atoms with van der Waals surface area (Å²) in [4.78, 5) is 19.6. The van der Waals surface area contributed by atoms with Crippen molar-refractivity contribution in [1.82, 2.24) is 15.4 Å². The Morgan fingerprint density at radius 3 is 2.69 bits per heavy atom. The third-order valence-electron chi connectivity index (χ3n) is 4.78. The Morgan fingerprint density at radius 1 is 1.12 bits per heavy atom. The van der Waals surface area contributed by atoms with Crippen molar-refractivity contribution in [3.63, 3.8) is 0 Å². The lowest BCUT2D eigenvalue weighted by atomic mass is 10.1. The summed E-state index contributed by atoms with van der Waals surface area (Å²) >= 11 is 5.76. The highest BCUT2D eigenvalue weighted by Gasteiger charge is 2.12. The molecule has 0 aliphatic rings. The van der Waals surface area contributed by atoms with E-state index in [1.165, 1.54) is 18.5 Å². The van der Waals surface area contributed by atoms with Gasteiger partial charge in [-0.05, 0) is 37.1 Å². The second kappa shape index (κ2) is 11.4. The van der Waals surface area contributed by atoms with Gasteiger partial charge in [0.15, 0.2) is 11.5 Å². The molecule has 0 aliphatic heterocycles. The van der Waals surface area contributed by atoms with E-state index in [0.29, 0.717) is 53.4 Å². The van der Waals surface area contributed by atoms with E-state index in [2.05, 4.69) is 15.3 Å². The summed E-state index contributed by atoms with van der Waals surface area (Å²) in [7, 11) is 1.55. The van der Waals surface area contributed by atoms with Crippen molar-refractivity contribution in [2.75, 3.05) is 19.0 Å². The molecule has 0 unspecified atom stereocenters. The van der Waals surface area contributed by atoms with Crippen LogP contribution in [0, 0.1) is 5.82 Å². The van der Waals surface area contributed by atoms with Gasteiger partial charge in [-0.2, -0.15) is 0 Å². The molecule has 1 heterocycles. The number of nitrogens with zero attached hydrogens (tertiary/aromatic N) is 2. The van der Waals surface area contributed by atoms with E-state index in [1.807, 2.05) is 0 Å². The fraction of sp³-hybridized carbons (Fsp3) is 0.318. The highest BCUT2D eigenvalue weighted by atomic mass is 35.5. The molecular formula is C22H24ClFN4O4. The molecule has 0 aliphatic carbocycles. The number of rotatable bonds is 11. The van der Waals surface area contributed by atoms with E-state index in [0.717, 1.165) is 19.3 Å². The van der Waals surface area contributed by atoms with Gasteiger partial charge in [-0.1, -0.05) is 24.4 Å². The minimum absolute atomic E-state index is 0.0418. The predicted molar refractivity (Wildman–Crippen MR) is 119 cm³/mol. The van der Waals surface area contributed by atoms with Gasteiger partial charge in [0, 0.05) is 23.6 Å². The van der Waals surface area contributed by atoms with Gasteiger partial charge < -0.3 is 14.8 Å². The Balaban J connectivity index is 1.69. The van der Waals surface area contributed by atoms with Crippen LogP contribution in [0.2, 0.25) is 5.02 Å². The zero-order valence-corrected chi connectivity index (χ0v) is 18.3. The topological polar surface area (TPSA) is 106 Å². The number of fused-ring (bicyclic) bond motifs is 1. The number of unbranched alkanes of at least 4 members (excludes halogenated alkanes) is 3. The molecule has 3 rings (SSSR count). The van der Waals surface area contributed by atoms with Crippen LogP contribution in [0.3, 0.4) is 0 Å². The molecule has 2 aromatic carbocycles. The van der Waals surface area contributed by atoms with Crippen molar-refractivity contribution < 1.29 is 23.9 Å². The Hall–Kier alpha value is -3.17. The smallest absolute Gasteiger partial charge is 0.243 e. The second-order valence-electron chi connectivity index (χ2n) is 7.04. The second-order valence-corrected chi connectivity index (χ2v) is 7.45. The normalized spacial score (nSPS) is 10.8. The number of anilines is 2. The van der Waals surface area contributed by atoms with Crippen LogP contribution in [-0.4, -0.2) is 34.8 Å². The quantitative estimate of drug-likeness (QED) is 0.209. The van der Waals surface area contributed by atoms with Gasteiger partial charge in [0.1, 0.15) is 18.0 Å². The number of amides is 1. The predicted octanol–water partition coefficient (Wildman–Crippen LogP) is 5.01. The zero-order chi connectivity index (χ0) is 22.9. The fourth-order valence-corrected chi connectivity index (χ4v) is 3.24. The summed E-state index contributed by atoms with van der Waals surface area (Å²) in [5.74, 6) is 0.665. The molecule has 0 saturated heterocycles. The number of benzene rings is 2. The number of methoxy groups -OCH3 is 1. The maximum absolute atomic E-state index is 13.8. The first-order valence-corrected chi connectivity index (χ1v) is 10.5. The largest absolute Gasteiger partial charge is 0.493 e. The monoisotopic (exact) mass is 462 g/mol. The molecule has 0 radical (unpaired) electrons. The highest BCUT2D eigenvalue weighted by molar-refractivity contribution is 6.30. The Morgan fingerprint density at radius 2 is 1.94 bits per heavy atom. The fourth-order valence-electron chi connectivity index (χ4n) is 3.13. The van der Waals surface area contributed by atoms with Crippen LogP contribution in [-0.2, 0) is 4.79 Å². The first-order chi connectivity index (χ1) is 15.5. The number of ether oxygens (including phenoxy) is 2. The molecule has 170 valence electrons. The number of nitrogens with one attached hydrogen (secondary N) is 2. The maximum atomic E-state index is 13.8. The summed E-state index contributed by atoms with van der Waals surface area (Å²) in [5, 5.41) is 12.3. The maximum Gasteiger partial charge on any atom is 0.243 e. The van der Waals surface area contributed by atoms with Gasteiger partial charge >= 0.3 is 0 Å². The molecule has 0 bridgehead atoms. The molecule has 1 amide bonds. The molecule has 3 N–H and O–H groups in total. The van der Waals surface area contributed by atoms with Crippen LogP contribution in [0.4, 0.5) is 15.9 Å². The molecule has 0 saturated carbocycles. The van der Waals surface area contributed by atoms with Gasteiger partial charge in [-0.15, -0.1) is 0 Å². The van der Waals surface area contributed by atoms with Crippen LogP contribution in [0.1, 0.15) is 32.1 Å². The summed E-state index contributed by atoms with van der Waals surface area (Å²) in [6.45, 7) is 0.465. The van der Waals surface area contributed by atoms with Crippen LogP contribution >= 0.6 is 11.6 Å². The number of halogens is 2. The molecular weight excluding hydrogens is 439 g/mol. The zero-order valence-electron chi connectivity index (χ0n) is 17.5. The van der Waals surface area contributed by atoms with Crippen molar-refractivity contribution in [2.24, 2.45) is 0 Å². The van der Waals surface area contributed by atoms with E-state index in [-0.39, 0.29) is 10.9 Å². The summed E-state index contributed by atoms with van der Waals surface area (Å²) in [6.07, 6.45) is 4.93. The number of hydroxylamine groups is 1. The minimum atomic E-state index is -0.530. The van der Waals surface area contributed by atoms with E-state index >= 15 is 0 Å². The van der Waals surface area contributed by atoms with Crippen LogP contribution in [0.5, 0.6) is 11.5 Å². The molecule has 32 heavy (non-hydrogen) atoms. The van der Waals surface area contributed by atoms with Gasteiger partial charge in [-0.25, -0.2) is 19.8 Å². The molecule has 0 spiro atoms. The van der Waals surface area contributed by atoms with Crippen LogP contribution < -0.4 is 20.3 Å². The highest BCUT2D eigenvalue weighted by Crippen LogP contribution is 2.35. The van der Waals surface area contributed by atoms with Gasteiger partial charge in [-0.3, -0.25) is 10.0 Å². The summed E-state index contributed by atoms with van der Waals surface area (Å²) in [5.41, 5.74) is 2.77. The van der Waals surface area contributed by atoms with E-state index in [9.17, 15) is 9.18 Å². The van der Waals surface area contributed by atoms with Gasteiger partial charge in [0.2, 0.25) is 5.91 Å². The van der Waals surface area contributed by atoms with Gasteiger partial charge in [0.25, 0.3) is 0 Å². The standard InChI is InChI=1S/C22H24ClFN4O4/c1-31-19-12-18-15(11-20(19)32-9-5-3-2-4-6-21(29)28-30)22(26-13-25-18)27-14-7-8-16(23)17(24)10-14/h7-8,10-13,30H,2-6,9H2,1H3,(H,28,29)(H,25,26,27). The van der Waals surface area contributed by atoms with Crippen molar-refractivity contribution in [3.05, 3.63) is 47.5 Å². The van der Waals surface area contributed by atoms with Crippen molar-refractivity contribution in [2.45, 2.75) is 32.1 Å². The molecule has 0 fully saturated rings. The third-order valence-corrected chi connectivity index (χ3v) is 5.09. The lowest BCUT2D eigenvalue weighted by Gasteiger charge is -2.14. The number of carbonyl (C=O) groups excluding carboxylic acids is 1. The molecule has 1 aromatic heterocycles. The molecule has 8 nitrogen and oxygen atoms in total. The Kier molecular flexibility index (Phi) is 8.41. The molecule has 0 atom stereocenters. The summed E-state index contributed by atoms with van der Waals surface area (Å²) in [6, 6.07) is 7.96. The van der Waals surface area contributed by atoms with Crippen LogP contribution in [0.15, 0.2) is 36.7 Å². The number of hydrogen-bond donors (Lipinski definition) is 3. The van der Waals surface area contributed by atoms with E-state index in [4.69, 9.17) is 26.3 Å². The molecule has 10 heteroatoms. The number of carbonyl (C=O) groups is 1. The van der Waals surface area contributed by atoms with Gasteiger partial charge in [0.05, 0.1) is 24.3 Å². The van der Waals surface area contributed by atoms with E-state index < -0.39 is 5.82 Å². The van der Waals surface area contributed by atoms with Crippen molar-refractivity contribution >= 4 is 39.9 Å². The summed E-state index contributed by atoms with van der Waals surface area (Å²) < 4.78 is 25.2. The number of hydrogen-bond acceptors (Lipinski definition) is 7. The van der Waals surface area contributed by atoms with E-state index in [1.54, 1.807) is 30.8 Å². The SMILES string of the molecule is COc1cc2ncnc(Nc3ccc(Cl)c(F)c3)c2cc1OCCCCCCC(=O)NO. The van der Waals surface area contributed by atoms with Crippen molar-refractivity contribution in [3.8, 4) is 11.5 Å². The average Bonchev–Trinajstić information content (AvgIpc) is 2.80. The molecule has 3 aromatic rings.